The highest BCUT2D eigenvalue weighted by Crippen LogP contribution is 2.10. The summed E-state index contributed by atoms with van der Waals surface area (Å²) in [5.41, 5.74) is 0. The highest BCUT2D eigenvalue weighted by atomic mass is 19.3. The van der Waals surface area contributed by atoms with Gasteiger partial charge in [-0.25, -0.2) is 8.78 Å². The average Bonchev–Trinajstić information content (AvgIpc) is 1.63. The number of alkyl halides is 2. The first-order valence-electron chi connectivity index (χ1n) is 3.00. The summed E-state index contributed by atoms with van der Waals surface area (Å²) in [6.07, 6.45) is -3.65. The zero-order valence-corrected chi connectivity index (χ0v) is 5.64. The summed E-state index contributed by atoms with van der Waals surface area (Å²) in [7, 11) is 0. The lowest BCUT2D eigenvalue weighted by Crippen LogP contribution is -2.17. The fourth-order valence-electron chi connectivity index (χ4n) is 0.455. The van der Waals surface area contributed by atoms with Gasteiger partial charge < -0.3 is 5.11 Å². The van der Waals surface area contributed by atoms with Crippen LogP contribution in [0.4, 0.5) is 8.78 Å². The molecule has 1 N–H and O–H groups in total. The molecule has 0 aliphatic carbocycles. The van der Waals surface area contributed by atoms with Crippen LogP contribution in [0.15, 0.2) is 0 Å². The summed E-state index contributed by atoms with van der Waals surface area (Å²) in [5, 5.41) is 8.82. The Labute approximate surface area is 53.7 Å². The Kier molecular flexibility index (Phi) is 3.70. The topological polar surface area (TPSA) is 20.2 Å². The van der Waals surface area contributed by atoms with Crippen molar-refractivity contribution in [2.75, 3.05) is 0 Å². The van der Waals surface area contributed by atoms with Gasteiger partial charge in [0.15, 0.2) is 0 Å². The molecule has 0 rings (SSSR count). The molecule has 0 aliphatic heterocycles. The molecule has 0 aromatic rings. The normalized spacial score (nSPS) is 15.0. The minimum Gasteiger partial charge on any atom is -0.393 e. The van der Waals surface area contributed by atoms with Gasteiger partial charge in [-0.3, -0.25) is 0 Å². The van der Waals surface area contributed by atoms with Crippen molar-refractivity contribution in [3.05, 3.63) is 0 Å². The molecule has 1 atom stereocenters. The summed E-state index contributed by atoms with van der Waals surface area (Å²) < 4.78 is 23.0. The van der Waals surface area contributed by atoms with Crippen molar-refractivity contribution < 1.29 is 13.9 Å². The van der Waals surface area contributed by atoms with Gasteiger partial charge in [-0.05, 0) is 5.92 Å². The van der Waals surface area contributed by atoms with Gasteiger partial charge in [0, 0.05) is 6.42 Å². The Bertz CT molecular complexity index is 73.5. The molecule has 0 aromatic heterocycles. The van der Waals surface area contributed by atoms with Gasteiger partial charge >= 0.3 is 0 Å². The maximum atomic E-state index is 11.5. The quantitative estimate of drug-likeness (QED) is 0.628. The highest BCUT2D eigenvalue weighted by Gasteiger charge is 2.14. The van der Waals surface area contributed by atoms with Crippen LogP contribution in [0.5, 0.6) is 0 Å². The molecule has 56 valence electrons. The molecule has 0 fully saturated rings. The molecule has 0 heterocycles. The van der Waals surface area contributed by atoms with Gasteiger partial charge in [0.25, 0.3) is 0 Å². The van der Waals surface area contributed by atoms with Crippen LogP contribution in [-0.2, 0) is 0 Å². The smallest absolute Gasteiger partial charge is 0.241 e. The SMILES string of the molecule is CC(C)C(O)CC(F)F. The number of hydrogen-bond donors (Lipinski definition) is 1. The summed E-state index contributed by atoms with van der Waals surface area (Å²) in [6.45, 7) is 3.43. The van der Waals surface area contributed by atoms with Crippen molar-refractivity contribution in [3.8, 4) is 0 Å². The zero-order valence-electron chi connectivity index (χ0n) is 5.64. The van der Waals surface area contributed by atoms with Crippen LogP contribution in [0.25, 0.3) is 0 Å². The molecular formula is C6H12F2O. The number of halogens is 2. The lowest BCUT2D eigenvalue weighted by molar-refractivity contribution is 0.0378. The van der Waals surface area contributed by atoms with E-state index in [1.807, 2.05) is 0 Å². The Hall–Kier alpha value is -0.180. The van der Waals surface area contributed by atoms with Crippen LogP contribution in [0, 0.1) is 5.92 Å². The van der Waals surface area contributed by atoms with E-state index in [0.29, 0.717) is 0 Å². The van der Waals surface area contributed by atoms with E-state index in [2.05, 4.69) is 0 Å². The maximum absolute atomic E-state index is 11.5. The van der Waals surface area contributed by atoms with Gasteiger partial charge in [-0.1, -0.05) is 13.8 Å². The van der Waals surface area contributed by atoms with Gasteiger partial charge in [0.1, 0.15) is 0 Å². The van der Waals surface area contributed by atoms with Crippen LogP contribution in [-0.4, -0.2) is 17.6 Å². The second-order valence-electron chi connectivity index (χ2n) is 2.44. The molecule has 1 nitrogen and oxygen atoms in total. The lowest BCUT2D eigenvalue weighted by atomic mass is 10.1. The van der Waals surface area contributed by atoms with Gasteiger partial charge in [0.05, 0.1) is 6.10 Å². The Morgan fingerprint density at radius 2 is 1.78 bits per heavy atom. The number of aliphatic hydroxyl groups is 1. The summed E-state index contributed by atoms with van der Waals surface area (Å²) in [4.78, 5) is 0. The molecule has 0 radical (unpaired) electrons. The van der Waals surface area contributed by atoms with E-state index in [4.69, 9.17) is 5.11 Å². The first-order chi connectivity index (χ1) is 4.04. The minimum atomic E-state index is -2.39. The predicted molar refractivity (Wildman–Crippen MR) is 31.5 cm³/mol. The monoisotopic (exact) mass is 138 g/mol. The van der Waals surface area contributed by atoms with E-state index < -0.39 is 19.0 Å². The Morgan fingerprint density at radius 1 is 1.33 bits per heavy atom. The standard InChI is InChI=1S/C6H12F2O/c1-4(2)5(9)3-6(7)8/h4-6,9H,3H2,1-2H3. The summed E-state index contributed by atoms with van der Waals surface area (Å²) in [5.74, 6) is -0.0704. The van der Waals surface area contributed by atoms with Crippen molar-refractivity contribution in [1.29, 1.82) is 0 Å². The molecule has 9 heavy (non-hydrogen) atoms. The number of rotatable bonds is 3. The Balaban J connectivity index is 3.38. The van der Waals surface area contributed by atoms with Gasteiger partial charge in [-0.15, -0.1) is 0 Å². The summed E-state index contributed by atoms with van der Waals surface area (Å²) >= 11 is 0. The van der Waals surface area contributed by atoms with Crippen molar-refractivity contribution in [2.24, 2.45) is 5.92 Å². The molecule has 0 spiro atoms. The fraction of sp³-hybridized carbons (Fsp3) is 1.00. The molecule has 1 unspecified atom stereocenters. The average molecular weight is 138 g/mol. The first kappa shape index (κ1) is 8.82. The van der Waals surface area contributed by atoms with Crippen molar-refractivity contribution in [1.82, 2.24) is 0 Å². The lowest BCUT2D eigenvalue weighted by Gasteiger charge is -2.12. The van der Waals surface area contributed by atoms with E-state index in [-0.39, 0.29) is 5.92 Å². The summed E-state index contributed by atoms with van der Waals surface area (Å²) in [6, 6.07) is 0. The fourth-order valence-corrected chi connectivity index (χ4v) is 0.455. The number of aliphatic hydroxyl groups excluding tert-OH is 1. The molecule has 0 bridgehead atoms. The number of hydrogen-bond acceptors (Lipinski definition) is 1. The third-order valence-electron chi connectivity index (χ3n) is 1.19. The van der Waals surface area contributed by atoms with Crippen LogP contribution in [0.1, 0.15) is 20.3 Å². The highest BCUT2D eigenvalue weighted by molar-refractivity contribution is 4.60. The van der Waals surface area contributed by atoms with Gasteiger partial charge in [0.2, 0.25) is 6.43 Å². The minimum absolute atomic E-state index is 0.0704. The first-order valence-corrected chi connectivity index (χ1v) is 3.00. The van der Waals surface area contributed by atoms with E-state index in [1.54, 1.807) is 13.8 Å². The van der Waals surface area contributed by atoms with E-state index >= 15 is 0 Å². The predicted octanol–water partition coefficient (Wildman–Crippen LogP) is 1.66. The van der Waals surface area contributed by atoms with E-state index in [9.17, 15) is 8.78 Å². The van der Waals surface area contributed by atoms with Crippen LogP contribution in [0.3, 0.4) is 0 Å². The van der Waals surface area contributed by atoms with Crippen LogP contribution in [0.2, 0.25) is 0 Å². The van der Waals surface area contributed by atoms with Crippen molar-refractivity contribution in [2.45, 2.75) is 32.8 Å². The molecule has 0 saturated heterocycles. The molecule has 0 aliphatic rings. The van der Waals surface area contributed by atoms with Crippen molar-refractivity contribution >= 4 is 0 Å². The van der Waals surface area contributed by atoms with E-state index in [1.165, 1.54) is 0 Å². The van der Waals surface area contributed by atoms with Crippen LogP contribution >= 0.6 is 0 Å². The molecule has 3 heteroatoms. The van der Waals surface area contributed by atoms with Crippen LogP contribution < -0.4 is 0 Å². The third kappa shape index (κ3) is 4.33. The maximum Gasteiger partial charge on any atom is 0.241 e. The molecule has 0 aromatic carbocycles. The third-order valence-corrected chi connectivity index (χ3v) is 1.19. The molecule has 0 saturated carbocycles. The largest absolute Gasteiger partial charge is 0.393 e. The zero-order chi connectivity index (χ0) is 7.44. The molecule has 0 amide bonds. The second-order valence-corrected chi connectivity index (χ2v) is 2.44. The molecular weight excluding hydrogens is 126 g/mol. The van der Waals surface area contributed by atoms with Gasteiger partial charge in [-0.2, -0.15) is 0 Å². The second kappa shape index (κ2) is 3.77. The van der Waals surface area contributed by atoms with Crippen molar-refractivity contribution in [3.63, 3.8) is 0 Å². The van der Waals surface area contributed by atoms with E-state index in [0.717, 1.165) is 0 Å². The Morgan fingerprint density at radius 3 is 1.89 bits per heavy atom.